The lowest BCUT2D eigenvalue weighted by Crippen LogP contribution is -2.25. The van der Waals surface area contributed by atoms with E-state index >= 15 is 0 Å². The lowest BCUT2D eigenvalue weighted by molar-refractivity contribution is -0.147. The van der Waals surface area contributed by atoms with Crippen LogP contribution in [0.3, 0.4) is 0 Å². The van der Waals surface area contributed by atoms with Crippen LogP contribution in [0, 0.1) is 0 Å². The number of ether oxygens (including phenoxy) is 4. The molecule has 6 nitrogen and oxygen atoms in total. The largest absolute Gasteiger partial charge is 0.494 e. The number of Topliss-reactive ketones (excluding diaryl/α,β-unsaturated/α-hetero) is 1. The Morgan fingerprint density at radius 3 is 2.74 bits per heavy atom. The molecular formula is C21H20O6. The molecule has 1 unspecified atom stereocenters. The maximum Gasteiger partial charge on any atom is 0.346 e. The monoisotopic (exact) mass is 368 g/mol. The number of esters is 1. The highest BCUT2D eigenvalue weighted by atomic mass is 16.6. The van der Waals surface area contributed by atoms with E-state index in [1.54, 1.807) is 49.4 Å². The molecule has 1 aliphatic heterocycles. The lowest BCUT2D eigenvalue weighted by atomic mass is 10.1. The Balaban J connectivity index is 1.87. The van der Waals surface area contributed by atoms with Crippen LogP contribution in [0.4, 0.5) is 0 Å². The van der Waals surface area contributed by atoms with Crippen LogP contribution in [0.2, 0.25) is 0 Å². The maximum absolute atomic E-state index is 12.6. The van der Waals surface area contributed by atoms with Gasteiger partial charge in [-0.2, -0.15) is 0 Å². The van der Waals surface area contributed by atoms with Crippen molar-refractivity contribution in [1.82, 2.24) is 0 Å². The normalized spacial score (nSPS) is 15.1. The van der Waals surface area contributed by atoms with Crippen LogP contribution in [0.25, 0.3) is 6.08 Å². The van der Waals surface area contributed by atoms with Gasteiger partial charge in [0, 0.05) is 11.6 Å². The number of hydrogen-bond donors (Lipinski definition) is 0. The smallest absolute Gasteiger partial charge is 0.346 e. The molecule has 0 fully saturated rings. The van der Waals surface area contributed by atoms with Crippen molar-refractivity contribution in [3.63, 3.8) is 0 Å². The number of methoxy groups -OCH3 is 1. The molecule has 140 valence electrons. The van der Waals surface area contributed by atoms with Crippen LogP contribution < -0.4 is 14.2 Å². The number of ketones is 1. The van der Waals surface area contributed by atoms with Gasteiger partial charge in [0.25, 0.3) is 0 Å². The Hall–Kier alpha value is -3.28. The summed E-state index contributed by atoms with van der Waals surface area (Å²) in [6.45, 7) is 4.01. The molecule has 6 heteroatoms. The third kappa shape index (κ3) is 3.95. The van der Waals surface area contributed by atoms with Gasteiger partial charge in [-0.25, -0.2) is 4.79 Å². The Kier molecular flexibility index (Phi) is 5.45. The molecule has 2 aromatic carbocycles. The van der Waals surface area contributed by atoms with Gasteiger partial charge in [0.2, 0.25) is 5.78 Å². The zero-order valence-electron chi connectivity index (χ0n) is 15.4. The molecule has 0 amide bonds. The van der Waals surface area contributed by atoms with Crippen LogP contribution in [0.15, 0.2) is 48.2 Å². The van der Waals surface area contributed by atoms with Gasteiger partial charge in [-0.1, -0.05) is 18.2 Å². The molecule has 1 aliphatic rings. The lowest BCUT2D eigenvalue weighted by Gasteiger charge is -2.14. The van der Waals surface area contributed by atoms with Gasteiger partial charge in [0.15, 0.2) is 11.9 Å². The van der Waals surface area contributed by atoms with Crippen molar-refractivity contribution in [2.24, 2.45) is 0 Å². The van der Waals surface area contributed by atoms with E-state index in [1.165, 1.54) is 7.11 Å². The summed E-state index contributed by atoms with van der Waals surface area (Å²) in [5.74, 6) is 1.02. The van der Waals surface area contributed by atoms with Crippen LogP contribution in [-0.2, 0) is 9.53 Å². The van der Waals surface area contributed by atoms with E-state index < -0.39 is 12.1 Å². The van der Waals surface area contributed by atoms with Crippen molar-refractivity contribution in [3.8, 4) is 17.2 Å². The number of para-hydroxylation sites is 1. The Bertz CT molecular complexity index is 899. The van der Waals surface area contributed by atoms with Crippen molar-refractivity contribution >= 4 is 17.8 Å². The highest BCUT2D eigenvalue weighted by Gasteiger charge is 2.28. The number of hydrogen-bond acceptors (Lipinski definition) is 6. The summed E-state index contributed by atoms with van der Waals surface area (Å²) in [5, 5.41) is 0. The molecule has 2 aromatic rings. The SMILES string of the molecule is CCOc1ccc2c(c1)O/C(=C\c1ccccc1OC(C)C(=O)OC)C2=O. The molecule has 0 spiro atoms. The minimum absolute atomic E-state index is 0.181. The predicted molar refractivity (Wildman–Crippen MR) is 99.1 cm³/mol. The first kappa shape index (κ1) is 18.5. The van der Waals surface area contributed by atoms with Crippen molar-refractivity contribution in [2.75, 3.05) is 13.7 Å². The van der Waals surface area contributed by atoms with Crippen LogP contribution in [-0.4, -0.2) is 31.6 Å². The molecule has 3 rings (SSSR count). The van der Waals surface area contributed by atoms with E-state index in [9.17, 15) is 9.59 Å². The second kappa shape index (κ2) is 7.95. The molecule has 0 radical (unpaired) electrons. The summed E-state index contributed by atoms with van der Waals surface area (Å²) in [6.07, 6.45) is 0.822. The van der Waals surface area contributed by atoms with Gasteiger partial charge in [-0.15, -0.1) is 0 Å². The van der Waals surface area contributed by atoms with Crippen LogP contribution in [0.5, 0.6) is 17.2 Å². The highest BCUT2D eigenvalue weighted by molar-refractivity contribution is 6.14. The van der Waals surface area contributed by atoms with Gasteiger partial charge < -0.3 is 18.9 Å². The quantitative estimate of drug-likeness (QED) is 0.573. The van der Waals surface area contributed by atoms with E-state index in [0.29, 0.717) is 35.0 Å². The van der Waals surface area contributed by atoms with Crippen molar-refractivity contribution in [2.45, 2.75) is 20.0 Å². The molecule has 0 aliphatic carbocycles. The van der Waals surface area contributed by atoms with E-state index in [2.05, 4.69) is 4.74 Å². The fourth-order valence-corrected chi connectivity index (χ4v) is 2.68. The van der Waals surface area contributed by atoms with Crippen molar-refractivity contribution in [1.29, 1.82) is 0 Å². The Morgan fingerprint density at radius 2 is 2.00 bits per heavy atom. The van der Waals surface area contributed by atoms with Gasteiger partial charge in [0.1, 0.15) is 17.2 Å². The minimum atomic E-state index is -0.777. The first-order valence-electron chi connectivity index (χ1n) is 8.58. The Labute approximate surface area is 157 Å². The molecular weight excluding hydrogens is 348 g/mol. The maximum atomic E-state index is 12.6. The molecule has 1 atom stereocenters. The number of allylic oxidation sites excluding steroid dienone is 1. The number of rotatable bonds is 6. The average molecular weight is 368 g/mol. The topological polar surface area (TPSA) is 71.1 Å². The number of carbonyl (C=O) groups is 2. The Morgan fingerprint density at radius 1 is 1.22 bits per heavy atom. The molecule has 0 N–H and O–H groups in total. The summed E-state index contributed by atoms with van der Waals surface area (Å²) in [6, 6.07) is 12.2. The zero-order chi connectivity index (χ0) is 19.4. The van der Waals surface area contributed by atoms with Gasteiger partial charge >= 0.3 is 5.97 Å². The second-order valence-corrected chi connectivity index (χ2v) is 5.85. The molecule has 0 saturated heterocycles. The zero-order valence-corrected chi connectivity index (χ0v) is 15.4. The summed E-state index contributed by atoms with van der Waals surface area (Å²) in [7, 11) is 1.30. The summed E-state index contributed by atoms with van der Waals surface area (Å²) in [4.78, 5) is 24.2. The van der Waals surface area contributed by atoms with Gasteiger partial charge in [-0.3, -0.25) is 4.79 Å². The molecule has 27 heavy (non-hydrogen) atoms. The molecule has 1 heterocycles. The van der Waals surface area contributed by atoms with Crippen molar-refractivity contribution in [3.05, 3.63) is 59.4 Å². The van der Waals surface area contributed by atoms with E-state index in [-0.39, 0.29) is 11.5 Å². The van der Waals surface area contributed by atoms with E-state index in [1.807, 2.05) is 13.0 Å². The summed E-state index contributed by atoms with van der Waals surface area (Å²) in [5.41, 5.74) is 1.10. The van der Waals surface area contributed by atoms with Crippen LogP contribution >= 0.6 is 0 Å². The fourth-order valence-electron chi connectivity index (χ4n) is 2.68. The van der Waals surface area contributed by atoms with Gasteiger partial charge in [-0.05, 0) is 38.1 Å². The average Bonchev–Trinajstić information content (AvgIpc) is 2.98. The van der Waals surface area contributed by atoms with E-state index in [0.717, 1.165) is 0 Å². The fraction of sp³-hybridized carbons (Fsp3) is 0.238. The number of carbonyl (C=O) groups excluding carboxylic acids is 2. The first-order valence-corrected chi connectivity index (χ1v) is 8.58. The third-order valence-electron chi connectivity index (χ3n) is 3.99. The number of fused-ring (bicyclic) bond motifs is 1. The highest BCUT2D eigenvalue weighted by Crippen LogP contribution is 2.35. The number of benzene rings is 2. The first-order chi connectivity index (χ1) is 13.0. The summed E-state index contributed by atoms with van der Waals surface area (Å²) < 4.78 is 21.5. The molecule has 0 bridgehead atoms. The predicted octanol–water partition coefficient (Wildman–Crippen LogP) is 3.64. The standard InChI is InChI=1S/C21H20O6/c1-4-25-15-9-10-16-18(12-15)27-19(20(16)22)11-14-7-5-6-8-17(14)26-13(2)21(23)24-3/h5-13H,4H2,1-3H3/b19-11-. The minimum Gasteiger partial charge on any atom is -0.494 e. The van der Waals surface area contributed by atoms with Crippen LogP contribution in [0.1, 0.15) is 29.8 Å². The molecule has 0 aromatic heterocycles. The van der Waals surface area contributed by atoms with E-state index in [4.69, 9.17) is 14.2 Å². The third-order valence-corrected chi connectivity index (χ3v) is 3.99. The van der Waals surface area contributed by atoms with Gasteiger partial charge in [0.05, 0.1) is 19.3 Å². The molecule has 0 saturated carbocycles. The summed E-state index contributed by atoms with van der Waals surface area (Å²) >= 11 is 0. The van der Waals surface area contributed by atoms with Crippen molar-refractivity contribution < 1.29 is 28.5 Å². The second-order valence-electron chi connectivity index (χ2n) is 5.85.